The van der Waals surface area contributed by atoms with Gasteiger partial charge >= 0.3 is 5.63 Å². The van der Waals surface area contributed by atoms with E-state index in [-0.39, 0.29) is 0 Å². The van der Waals surface area contributed by atoms with Gasteiger partial charge in [-0.2, -0.15) is 5.26 Å². The van der Waals surface area contributed by atoms with Crippen LogP contribution in [-0.2, 0) is 0 Å². The highest BCUT2D eigenvalue weighted by Gasteiger charge is 2.17. The molecule has 0 aliphatic carbocycles. The molecule has 33 heavy (non-hydrogen) atoms. The zero-order valence-corrected chi connectivity index (χ0v) is 19.2. The number of aromatic nitrogens is 1. The molecule has 5 rings (SSSR count). The van der Waals surface area contributed by atoms with Crippen LogP contribution >= 0.6 is 23.1 Å². The summed E-state index contributed by atoms with van der Waals surface area (Å²) >= 11 is 2.76. The lowest BCUT2D eigenvalue weighted by Crippen LogP contribution is -2.03. The van der Waals surface area contributed by atoms with Crippen LogP contribution in [0.15, 0.2) is 92.4 Å². The monoisotopic (exact) mass is 467 g/mol. The van der Waals surface area contributed by atoms with Crippen molar-refractivity contribution in [2.45, 2.75) is 0 Å². The summed E-state index contributed by atoms with van der Waals surface area (Å²) in [6.07, 6.45) is 1.90. The standard InChI is InChI=1S/C26H17N3O2S2/c1-32-24(28-17-8-3-2-4-9-17)21(14-27)25-29-22(15-33-25)20-13-19-18-10-6-5-7-16(18)11-12-23(19)31-26(20)30/h2-13,15,28H,1H3/b24-21+. The zero-order chi connectivity index (χ0) is 22.8. The summed E-state index contributed by atoms with van der Waals surface area (Å²) in [4.78, 5) is 17.4. The number of para-hydroxylation sites is 1. The fraction of sp³-hybridized carbons (Fsp3) is 0.0385. The predicted molar refractivity (Wildman–Crippen MR) is 137 cm³/mol. The first kappa shape index (κ1) is 21.0. The van der Waals surface area contributed by atoms with Crippen molar-refractivity contribution in [2.24, 2.45) is 0 Å². The van der Waals surface area contributed by atoms with Crippen LogP contribution in [0, 0.1) is 11.3 Å². The lowest BCUT2D eigenvalue weighted by atomic mass is 10.0. The molecule has 0 bridgehead atoms. The van der Waals surface area contributed by atoms with Gasteiger partial charge < -0.3 is 9.73 Å². The first-order valence-electron chi connectivity index (χ1n) is 10.1. The van der Waals surface area contributed by atoms with E-state index in [0.29, 0.717) is 32.5 Å². The number of hydrogen-bond donors (Lipinski definition) is 1. The minimum Gasteiger partial charge on any atom is -0.422 e. The Balaban J connectivity index is 1.60. The number of thioether (sulfide) groups is 1. The van der Waals surface area contributed by atoms with E-state index >= 15 is 0 Å². The molecular weight excluding hydrogens is 450 g/mol. The molecule has 5 nitrogen and oxygen atoms in total. The Bertz CT molecular complexity index is 1610. The predicted octanol–water partition coefficient (Wildman–Crippen LogP) is 6.74. The first-order valence-corrected chi connectivity index (χ1v) is 12.2. The second-order valence-electron chi connectivity index (χ2n) is 7.20. The van der Waals surface area contributed by atoms with Gasteiger partial charge in [-0.15, -0.1) is 23.1 Å². The third-order valence-electron chi connectivity index (χ3n) is 5.21. The van der Waals surface area contributed by atoms with Crippen molar-refractivity contribution in [3.05, 3.63) is 98.6 Å². The number of allylic oxidation sites excluding steroid dienone is 1. The van der Waals surface area contributed by atoms with Crippen LogP contribution in [0.4, 0.5) is 5.69 Å². The third-order valence-corrected chi connectivity index (χ3v) is 6.78. The summed E-state index contributed by atoms with van der Waals surface area (Å²) in [6.45, 7) is 0. The average molecular weight is 468 g/mol. The molecule has 0 radical (unpaired) electrons. The molecule has 0 aliphatic heterocycles. The van der Waals surface area contributed by atoms with Crippen molar-refractivity contribution in [1.82, 2.24) is 4.98 Å². The SMILES string of the molecule is CS/C(Nc1ccccc1)=C(\C#N)c1nc(-c2cc3c(ccc4ccccc43)oc2=O)cs1. The molecule has 0 atom stereocenters. The minimum absolute atomic E-state index is 0.375. The van der Waals surface area contributed by atoms with Crippen molar-refractivity contribution < 1.29 is 4.42 Å². The molecule has 2 aromatic heterocycles. The summed E-state index contributed by atoms with van der Waals surface area (Å²) in [5, 5.41) is 19.1. The van der Waals surface area contributed by atoms with Gasteiger partial charge in [-0.3, -0.25) is 0 Å². The molecule has 0 saturated heterocycles. The number of anilines is 1. The minimum atomic E-state index is -0.454. The van der Waals surface area contributed by atoms with Crippen molar-refractivity contribution in [1.29, 1.82) is 5.26 Å². The van der Waals surface area contributed by atoms with E-state index < -0.39 is 5.63 Å². The van der Waals surface area contributed by atoms with E-state index in [9.17, 15) is 10.1 Å². The molecule has 0 saturated carbocycles. The highest BCUT2D eigenvalue weighted by Crippen LogP contribution is 2.32. The Hall–Kier alpha value is -3.86. The molecule has 5 aromatic rings. The Morgan fingerprint density at radius 2 is 1.85 bits per heavy atom. The smallest absolute Gasteiger partial charge is 0.345 e. The number of nitrogens with zero attached hydrogens (tertiary/aromatic N) is 2. The highest BCUT2D eigenvalue weighted by atomic mass is 32.2. The third kappa shape index (κ3) is 4.02. The Morgan fingerprint density at radius 3 is 2.64 bits per heavy atom. The number of nitriles is 1. The van der Waals surface area contributed by atoms with Gasteiger partial charge in [-0.1, -0.05) is 48.5 Å². The highest BCUT2D eigenvalue weighted by molar-refractivity contribution is 8.02. The number of hydrogen-bond acceptors (Lipinski definition) is 7. The first-order chi connectivity index (χ1) is 16.2. The van der Waals surface area contributed by atoms with E-state index in [0.717, 1.165) is 21.8 Å². The molecule has 0 fully saturated rings. The number of fused-ring (bicyclic) bond motifs is 3. The van der Waals surface area contributed by atoms with Crippen LogP contribution < -0.4 is 10.9 Å². The molecule has 0 aliphatic rings. The number of benzene rings is 3. The van der Waals surface area contributed by atoms with E-state index in [1.54, 1.807) is 5.38 Å². The van der Waals surface area contributed by atoms with Crippen LogP contribution in [0.2, 0.25) is 0 Å². The second-order valence-corrected chi connectivity index (χ2v) is 8.87. The molecule has 3 aromatic carbocycles. The summed E-state index contributed by atoms with van der Waals surface area (Å²) in [5.74, 6) is 0. The van der Waals surface area contributed by atoms with Gasteiger partial charge in [0.05, 0.1) is 16.3 Å². The van der Waals surface area contributed by atoms with Crippen LogP contribution in [-0.4, -0.2) is 11.2 Å². The maximum absolute atomic E-state index is 12.8. The largest absolute Gasteiger partial charge is 0.422 e. The van der Waals surface area contributed by atoms with Crippen molar-refractivity contribution in [2.75, 3.05) is 11.6 Å². The molecule has 7 heteroatoms. The lowest BCUT2D eigenvalue weighted by molar-refractivity contribution is 0.563. The van der Waals surface area contributed by atoms with Gasteiger partial charge in [0.2, 0.25) is 0 Å². The molecular formula is C26H17N3O2S2. The molecule has 2 heterocycles. The molecule has 0 unspecified atom stereocenters. The van der Waals surface area contributed by atoms with Crippen LogP contribution in [0.5, 0.6) is 0 Å². The second kappa shape index (κ2) is 8.94. The fourth-order valence-corrected chi connectivity index (χ4v) is 5.08. The summed E-state index contributed by atoms with van der Waals surface area (Å²) < 4.78 is 5.61. The fourth-order valence-electron chi connectivity index (χ4n) is 3.63. The van der Waals surface area contributed by atoms with Crippen molar-refractivity contribution >= 4 is 56.1 Å². The van der Waals surface area contributed by atoms with Gasteiger partial charge in [-0.25, -0.2) is 9.78 Å². The van der Waals surface area contributed by atoms with E-state index in [1.807, 2.05) is 79.1 Å². The van der Waals surface area contributed by atoms with Crippen molar-refractivity contribution in [3.8, 4) is 17.3 Å². The Kier molecular flexibility index (Phi) is 5.69. The van der Waals surface area contributed by atoms with Crippen LogP contribution in [0.25, 0.3) is 38.6 Å². The van der Waals surface area contributed by atoms with Crippen molar-refractivity contribution in [3.63, 3.8) is 0 Å². The zero-order valence-electron chi connectivity index (χ0n) is 17.5. The molecule has 0 spiro atoms. The van der Waals surface area contributed by atoms with Crippen LogP contribution in [0.1, 0.15) is 5.01 Å². The molecule has 0 amide bonds. The van der Waals surface area contributed by atoms with Gasteiger partial charge in [0.15, 0.2) is 0 Å². The quantitative estimate of drug-likeness (QED) is 0.175. The molecule has 160 valence electrons. The number of rotatable bonds is 5. The van der Waals surface area contributed by atoms with E-state index in [4.69, 9.17) is 4.42 Å². The summed E-state index contributed by atoms with van der Waals surface area (Å²) in [5.41, 5.74) is 2.26. The van der Waals surface area contributed by atoms with Crippen LogP contribution in [0.3, 0.4) is 0 Å². The van der Waals surface area contributed by atoms with E-state index in [1.165, 1.54) is 23.1 Å². The molecule has 1 N–H and O–H groups in total. The van der Waals surface area contributed by atoms with Gasteiger partial charge in [-0.05, 0) is 41.3 Å². The maximum Gasteiger partial charge on any atom is 0.345 e. The normalized spacial score (nSPS) is 11.9. The maximum atomic E-state index is 12.8. The Labute approximate surface area is 198 Å². The topological polar surface area (TPSA) is 78.9 Å². The van der Waals surface area contributed by atoms with Gasteiger partial charge in [0.25, 0.3) is 0 Å². The van der Waals surface area contributed by atoms with Gasteiger partial charge in [0, 0.05) is 16.5 Å². The number of thiazole rings is 1. The average Bonchev–Trinajstić information content (AvgIpc) is 3.33. The summed E-state index contributed by atoms with van der Waals surface area (Å²) in [7, 11) is 0. The lowest BCUT2D eigenvalue weighted by Gasteiger charge is -2.10. The summed E-state index contributed by atoms with van der Waals surface area (Å²) in [6, 6.07) is 25.5. The van der Waals surface area contributed by atoms with Gasteiger partial charge in [0.1, 0.15) is 22.2 Å². The van der Waals surface area contributed by atoms with E-state index in [2.05, 4.69) is 16.4 Å². The Morgan fingerprint density at radius 1 is 1.06 bits per heavy atom. The number of nitrogens with one attached hydrogen (secondary N) is 1.